The molecule has 0 saturated carbocycles. The van der Waals surface area contributed by atoms with E-state index in [1.165, 1.54) is 0 Å². The van der Waals surface area contributed by atoms with Gasteiger partial charge < -0.3 is 14.8 Å². The maximum Gasteiger partial charge on any atom is 0.274 e. The molecule has 118 valence electrons. The fourth-order valence-electron chi connectivity index (χ4n) is 2.75. The van der Waals surface area contributed by atoms with Gasteiger partial charge >= 0.3 is 0 Å². The zero-order chi connectivity index (χ0) is 15.8. The molecule has 0 aliphatic carbocycles. The second-order valence-electron chi connectivity index (χ2n) is 5.65. The average molecular weight is 327 g/mol. The predicted molar refractivity (Wildman–Crippen MR) is 89.4 cm³/mol. The minimum absolute atomic E-state index is 0.0637. The quantitative estimate of drug-likeness (QED) is 0.798. The van der Waals surface area contributed by atoms with Gasteiger partial charge in [-0.05, 0) is 12.1 Å². The Bertz CT molecular complexity index is 812. The normalized spacial score (nSPS) is 14.0. The van der Waals surface area contributed by atoms with Gasteiger partial charge in [-0.3, -0.25) is 4.79 Å². The van der Waals surface area contributed by atoms with Crippen molar-refractivity contribution in [3.63, 3.8) is 0 Å². The maximum absolute atomic E-state index is 12.6. The third-order valence-corrected chi connectivity index (χ3v) is 4.97. The van der Waals surface area contributed by atoms with Gasteiger partial charge in [-0.15, -0.1) is 11.3 Å². The number of benzene rings is 1. The third-order valence-electron chi connectivity index (χ3n) is 3.95. The van der Waals surface area contributed by atoms with Crippen LogP contribution in [0.1, 0.15) is 21.3 Å². The Morgan fingerprint density at radius 2 is 2.26 bits per heavy atom. The van der Waals surface area contributed by atoms with E-state index >= 15 is 0 Å². The van der Waals surface area contributed by atoms with Gasteiger partial charge in [-0.2, -0.15) is 0 Å². The van der Waals surface area contributed by atoms with Crippen LogP contribution in [0.25, 0.3) is 10.2 Å². The van der Waals surface area contributed by atoms with Gasteiger partial charge in [-0.1, -0.05) is 12.1 Å². The first kappa shape index (κ1) is 14.3. The Morgan fingerprint density at radius 3 is 3.09 bits per heavy atom. The van der Waals surface area contributed by atoms with Crippen LogP contribution in [0.5, 0.6) is 0 Å². The highest BCUT2D eigenvalue weighted by atomic mass is 32.1. The number of nitrogens with one attached hydrogen (secondary N) is 1. The van der Waals surface area contributed by atoms with Gasteiger partial charge in [-0.25, -0.2) is 9.97 Å². The third kappa shape index (κ3) is 2.73. The number of aromatic nitrogens is 3. The van der Waals surface area contributed by atoms with Crippen LogP contribution in [0.4, 0.5) is 0 Å². The average Bonchev–Trinajstić information content (AvgIpc) is 3.16. The van der Waals surface area contributed by atoms with Crippen molar-refractivity contribution in [1.82, 2.24) is 24.8 Å². The van der Waals surface area contributed by atoms with Gasteiger partial charge in [0.05, 0.1) is 23.3 Å². The molecule has 4 rings (SSSR count). The molecule has 6 nitrogen and oxygen atoms in total. The summed E-state index contributed by atoms with van der Waals surface area (Å²) in [6.45, 7) is 2.99. The van der Waals surface area contributed by atoms with Gasteiger partial charge in [0, 0.05) is 26.3 Å². The van der Waals surface area contributed by atoms with Crippen LogP contribution < -0.4 is 5.32 Å². The Labute approximate surface area is 137 Å². The molecule has 23 heavy (non-hydrogen) atoms. The number of imidazole rings is 1. The van der Waals surface area contributed by atoms with E-state index < -0.39 is 0 Å². The highest BCUT2D eigenvalue weighted by Crippen LogP contribution is 2.22. The molecular weight excluding hydrogens is 310 g/mol. The standard InChI is InChI=1S/C16H17N5OS/c1-20(10-15-19-11-4-2-3-5-13(11)23-15)16(22)12-9-21-7-6-17-8-14(21)18-12/h2-5,9,17H,6-8,10H2,1H3. The van der Waals surface area contributed by atoms with Crippen LogP contribution >= 0.6 is 11.3 Å². The SMILES string of the molecule is CN(Cc1nc2ccccc2s1)C(=O)c1cn2c(n1)CNCC2. The molecule has 0 unspecified atom stereocenters. The first-order valence-electron chi connectivity index (χ1n) is 7.57. The number of amides is 1. The van der Waals surface area contributed by atoms with Crippen LogP contribution in [-0.4, -0.2) is 38.9 Å². The summed E-state index contributed by atoms with van der Waals surface area (Å²) in [6.07, 6.45) is 1.85. The van der Waals surface area contributed by atoms with Crippen molar-refractivity contribution < 1.29 is 4.79 Å². The lowest BCUT2D eigenvalue weighted by molar-refractivity contribution is 0.0779. The van der Waals surface area contributed by atoms with Crippen molar-refractivity contribution in [3.8, 4) is 0 Å². The number of hydrogen-bond donors (Lipinski definition) is 1. The molecule has 3 heterocycles. The van der Waals surface area contributed by atoms with E-state index in [0.717, 1.165) is 40.7 Å². The number of rotatable bonds is 3. The number of carbonyl (C=O) groups is 1. The first-order chi connectivity index (χ1) is 11.2. The van der Waals surface area contributed by atoms with Crippen LogP contribution in [0, 0.1) is 0 Å². The summed E-state index contributed by atoms with van der Waals surface area (Å²) < 4.78 is 3.20. The molecule has 1 amide bonds. The summed E-state index contributed by atoms with van der Waals surface area (Å²) in [6, 6.07) is 8.02. The number of hydrogen-bond acceptors (Lipinski definition) is 5. The lowest BCUT2D eigenvalue weighted by atomic mass is 10.3. The van der Waals surface area contributed by atoms with E-state index in [2.05, 4.69) is 25.9 Å². The second-order valence-corrected chi connectivity index (χ2v) is 6.76. The van der Waals surface area contributed by atoms with Crippen LogP contribution in [0.15, 0.2) is 30.5 Å². The smallest absolute Gasteiger partial charge is 0.274 e. The fraction of sp³-hybridized carbons (Fsp3) is 0.312. The number of nitrogens with zero attached hydrogens (tertiary/aromatic N) is 4. The summed E-state index contributed by atoms with van der Waals surface area (Å²) in [4.78, 5) is 23.3. The molecule has 1 aromatic carbocycles. The summed E-state index contributed by atoms with van der Waals surface area (Å²) >= 11 is 1.62. The minimum atomic E-state index is -0.0637. The van der Waals surface area contributed by atoms with E-state index in [9.17, 15) is 4.79 Å². The van der Waals surface area contributed by atoms with Gasteiger partial charge in [0.25, 0.3) is 5.91 Å². The lowest BCUT2D eigenvalue weighted by Crippen LogP contribution is -2.27. The largest absolute Gasteiger partial charge is 0.334 e. The topological polar surface area (TPSA) is 63.1 Å². The molecule has 1 N–H and O–H groups in total. The Balaban J connectivity index is 1.52. The molecule has 0 spiro atoms. The fourth-order valence-corrected chi connectivity index (χ4v) is 3.77. The molecule has 1 aliphatic heterocycles. The highest BCUT2D eigenvalue weighted by Gasteiger charge is 2.20. The summed E-state index contributed by atoms with van der Waals surface area (Å²) in [5.41, 5.74) is 1.49. The van der Waals surface area contributed by atoms with E-state index in [1.54, 1.807) is 23.3 Å². The lowest BCUT2D eigenvalue weighted by Gasteiger charge is -2.13. The van der Waals surface area contributed by atoms with Crippen molar-refractivity contribution in [1.29, 1.82) is 0 Å². The maximum atomic E-state index is 12.6. The molecule has 0 atom stereocenters. The monoisotopic (exact) mass is 327 g/mol. The van der Waals surface area contributed by atoms with Crippen molar-refractivity contribution >= 4 is 27.5 Å². The van der Waals surface area contributed by atoms with Crippen LogP contribution in [0.3, 0.4) is 0 Å². The molecular formula is C16H17N5OS. The molecule has 0 radical (unpaired) electrons. The molecule has 2 aromatic heterocycles. The molecule has 0 fully saturated rings. The van der Waals surface area contributed by atoms with Crippen LogP contribution in [0.2, 0.25) is 0 Å². The number of carbonyl (C=O) groups excluding carboxylic acids is 1. The highest BCUT2D eigenvalue weighted by molar-refractivity contribution is 7.18. The molecule has 1 aliphatic rings. The van der Waals surface area contributed by atoms with E-state index in [1.807, 2.05) is 24.4 Å². The molecule has 3 aromatic rings. The summed E-state index contributed by atoms with van der Waals surface area (Å²) in [5, 5.41) is 4.20. The van der Waals surface area contributed by atoms with E-state index in [0.29, 0.717) is 12.2 Å². The van der Waals surface area contributed by atoms with Crippen molar-refractivity contribution in [3.05, 3.63) is 47.0 Å². The van der Waals surface area contributed by atoms with Crippen molar-refractivity contribution in [2.24, 2.45) is 0 Å². The minimum Gasteiger partial charge on any atom is -0.334 e. The Morgan fingerprint density at radius 1 is 1.39 bits per heavy atom. The first-order valence-corrected chi connectivity index (χ1v) is 8.39. The predicted octanol–water partition coefficient (Wildman–Crippen LogP) is 1.87. The van der Waals surface area contributed by atoms with Gasteiger partial charge in [0.1, 0.15) is 16.5 Å². The second kappa shape index (κ2) is 5.75. The zero-order valence-corrected chi connectivity index (χ0v) is 13.6. The summed E-state index contributed by atoms with van der Waals surface area (Å²) in [7, 11) is 1.80. The molecule has 0 bridgehead atoms. The van der Waals surface area contributed by atoms with Crippen molar-refractivity contribution in [2.45, 2.75) is 19.6 Å². The van der Waals surface area contributed by atoms with E-state index in [-0.39, 0.29) is 5.91 Å². The van der Waals surface area contributed by atoms with Gasteiger partial charge in [0.2, 0.25) is 0 Å². The van der Waals surface area contributed by atoms with Gasteiger partial charge in [0.15, 0.2) is 0 Å². The number of fused-ring (bicyclic) bond motifs is 2. The molecule has 7 heteroatoms. The number of para-hydroxylation sites is 1. The number of thiazole rings is 1. The Hall–Kier alpha value is -2.25. The van der Waals surface area contributed by atoms with E-state index in [4.69, 9.17) is 0 Å². The Kier molecular flexibility index (Phi) is 3.59. The zero-order valence-electron chi connectivity index (χ0n) is 12.8. The van der Waals surface area contributed by atoms with Crippen LogP contribution in [-0.2, 0) is 19.6 Å². The molecule has 0 saturated heterocycles. The summed E-state index contributed by atoms with van der Waals surface area (Å²) in [5.74, 6) is 0.860. The van der Waals surface area contributed by atoms with Crippen molar-refractivity contribution in [2.75, 3.05) is 13.6 Å².